The van der Waals surface area contributed by atoms with Gasteiger partial charge in [-0.05, 0) is 11.8 Å². The van der Waals surface area contributed by atoms with Crippen molar-refractivity contribution in [1.29, 1.82) is 0 Å². The van der Waals surface area contributed by atoms with Gasteiger partial charge in [0.25, 0.3) is 0 Å². The summed E-state index contributed by atoms with van der Waals surface area (Å²) >= 11 is 0. The second-order valence-electron chi connectivity index (χ2n) is 5.17. The molecule has 1 N–H and O–H groups in total. The molecule has 0 aliphatic heterocycles. The largest absolute Gasteiger partial charge is 0.365 e. The molecule has 3 nitrogen and oxygen atoms in total. The summed E-state index contributed by atoms with van der Waals surface area (Å²) < 4.78 is 0. The van der Waals surface area contributed by atoms with Gasteiger partial charge in [0.1, 0.15) is 0 Å². The van der Waals surface area contributed by atoms with E-state index in [0.717, 1.165) is 16.6 Å². The summed E-state index contributed by atoms with van der Waals surface area (Å²) in [5.41, 5.74) is 0.401. The molecular formula is C13H15N3. The van der Waals surface area contributed by atoms with Crippen molar-refractivity contribution in [1.82, 2.24) is 10.2 Å². The minimum Gasteiger partial charge on any atom is -0.365 e. The zero-order valence-electron chi connectivity index (χ0n) is 9.57. The van der Waals surface area contributed by atoms with E-state index in [1.807, 2.05) is 12.1 Å². The molecule has 1 aromatic carbocycles. The lowest BCUT2D eigenvalue weighted by molar-refractivity contribution is 0.629. The molecular weight excluding hydrogens is 198 g/mol. The van der Waals surface area contributed by atoms with Crippen molar-refractivity contribution >= 4 is 16.6 Å². The number of hydrogen-bond donors (Lipinski definition) is 1. The van der Waals surface area contributed by atoms with Gasteiger partial charge in [0.05, 0.1) is 6.20 Å². The molecule has 1 saturated carbocycles. The van der Waals surface area contributed by atoms with Gasteiger partial charge in [0.2, 0.25) is 0 Å². The highest BCUT2D eigenvalue weighted by molar-refractivity contribution is 5.91. The zero-order chi connectivity index (χ0) is 11.2. The van der Waals surface area contributed by atoms with Crippen molar-refractivity contribution in [3.05, 3.63) is 30.5 Å². The Kier molecular flexibility index (Phi) is 1.90. The maximum absolute atomic E-state index is 4.19. The van der Waals surface area contributed by atoms with Crippen LogP contribution < -0.4 is 5.32 Å². The van der Waals surface area contributed by atoms with E-state index in [4.69, 9.17) is 0 Å². The molecule has 1 aliphatic rings. The number of nitrogens with one attached hydrogen (secondary N) is 1. The van der Waals surface area contributed by atoms with Crippen molar-refractivity contribution in [2.45, 2.75) is 26.3 Å². The van der Waals surface area contributed by atoms with E-state index in [9.17, 15) is 0 Å². The van der Waals surface area contributed by atoms with E-state index in [1.165, 1.54) is 6.42 Å². The van der Waals surface area contributed by atoms with Crippen LogP contribution in [0.15, 0.2) is 30.5 Å². The number of hydrogen-bond acceptors (Lipinski definition) is 3. The Bertz CT molecular complexity index is 528. The van der Waals surface area contributed by atoms with Gasteiger partial charge < -0.3 is 5.32 Å². The molecule has 0 saturated heterocycles. The van der Waals surface area contributed by atoms with Crippen LogP contribution in [0.3, 0.4) is 0 Å². The molecule has 16 heavy (non-hydrogen) atoms. The standard InChI is InChI=1S/C13H15N3/c1-13(2)7-11(13)15-12-10-6-4-3-5-9(10)8-14-16-12/h3-6,8,11H,7H2,1-2H3,(H,15,16). The Morgan fingerprint density at radius 2 is 2.06 bits per heavy atom. The van der Waals surface area contributed by atoms with E-state index in [0.29, 0.717) is 11.5 Å². The first-order chi connectivity index (χ1) is 7.67. The molecule has 0 amide bonds. The lowest BCUT2D eigenvalue weighted by Gasteiger charge is -2.08. The van der Waals surface area contributed by atoms with Crippen LogP contribution >= 0.6 is 0 Å². The van der Waals surface area contributed by atoms with Crippen LogP contribution in [-0.2, 0) is 0 Å². The fourth-order valence-corrected chi connectivity index (χ4v) is 2.01. The molecule has 1 heterocycles. The van der Waals surface area contributed by atoms with Crippen LogP contribution in [0, 0.1) is 5.41 Å². The second kappa shape index (κ2) is 3.17. The van der Waals surface area contributed by atoms with Crippen molar-refractivity contribution in [3.8, 4) is 0 Å². The molecule has 1 fully saturated rings. The minimum atomic E-state index is 0.401. The molecule has 0 bridgehead atoms. The molecule has 3 rings (SSSR count). The Labute approximate surface area is 94.9 Å². The zero-order valence-corrected chi connectivity index (χ0v) is 9.57. The fraction of sp³-hybridized carbons (Fsp3) is 0.385. The highest BCUT2D eigenvalue weighted by Crippen LogP contribution is 2.46. The van der Waals surface area contributed by atoms with Gasteiger partial charge in [-0.3, -0.25) is 0 Å². The van der Waals surface area contributed by atoms with Crippen molar-refractivity contribution in [3.63, 3.8) is 0 Å². The predicted octanol–water partition coefficient (Wildman–Crippen LogP) is 2.84. The summed E-state index contributed by atoms with van der Waals surface area (Å²) in [6.45, 7) is 4.53. The third-order valence-electron chi connectivity index (χ3n) is 3.39. The first-order valence-corrected chi connectivity index (χ1v) is 5.64. The highest BCUT2D eigenvalue weighted by Gasteiger charge is 2.46. The minimum absolute atomic E-state index is 0.401. The summed E-state index contributed by atoms with van der Waals surface area (Å²) in [5.74, 6) is 0.911. The number of anilines is 1. The van der Waals surface area contributed by atoms with E-state index < -0.39 is 0 Å². The van der Waals surface area contributed by atoms with Crippen LogP contribution in [0.1, 0.15) is 20.3 Å². The van der Waals surface area contributed by atoms with E-state index in [2.05, 4.69) is 41.5 Å². The Morgan fingerprint density at radius 3 is 2.81 bits per heavy atom. The second-order valence-corrected chi connectivity index (χ2v) is 5.17. The topological polar surface area (TPSA) is 37.8 Å². The van der Waals surface area contributed by atoms with Gasteiger partial charge >= 0.3 is 0 Å². The lowest BCUT2D eigenvalue weighted by Crippen LogP contribution is -2.10. The Balaban J connectivity index is 1.98. The number of aromatic nitrogens is 2. The number of rotatable bonds is 2. The smallest absolute Gasteiger partial charge is 0.156 e. The number of nitrogens with zero attached hydrogens (tertiary/aromatic N) is 2. The van der Waals surface area contributed by atoms with Crippen LogP contribution in [0.5, 0.6) is 0 Å². The first-order valence-electron chi connectivity index (χ1n) is 5.64. The summed E-state index contributed by atoms with van der Waals surface area (Å²) in [6.07, 6.45) is 3.01. The van der Waals surface area contributed by atoms with Crippen molar-refractivity contribution in [2.75, 3.05) is 5.32 Å². The molecule has 1 aliphatic carbocycles. The summed E-state index contributed by atoms with van der Waals surface area (Å²) in [6, 6.07) is 8.74. The SMILES string of the molecule is CC1(C)CC1Nc1nncc2ccccc12. The maximum atomic E-state index is 4.19. The molecule has 3 heteroatoms. The van der Waals surface area contributed by atoms with Crippen LogP contribution in [0.2, 0.25) is 0 Å². The molecule has 1 unspecified atom stereocenters. The van der Waals surface area contributed by atoms with Gasteiger partial charge in [-0.25, -0.2) is 0 Å². The Hall–Kier alpha value is -1.64. The normalized spacial score (nSPS) is 22.0. The molecule has 0 radical (unpaired) electrons. The molecule has 1 aromatic heterocycles. The van der Waals surface area contributed by atoms with E-state index in [1.54, 1.807) is 6.20 Å². The van der Waals surface area contributed by atoms with Gasteiger partial charge in [0.15, 0.2) is 5.82 Å². The quantitative estimate of drug-likeness (QED) is 0.833. The fourth-order valence-electron chi connectivity index (χ4n) is 2.01. The van der Waals surface area contributed by atoms with Gasteiger partial charge in [0, 0.05) is 16.8 Å². The van der Waals surface area contributed by atoms with Crippen LogP contribution in [0.4, 0.5) is 5.82 Å². The third-order valence-corrected chi connectivity index (χ3v) is 3.39. The average Bonchev–Trinajstić information content (AvgIpc) is 2.87. The van der Waals surface area contributed by atoms with Crippen LogP contribution in [-0.4, -0.2) is 16.2 Å². The third kappa shape index (κ3) is 1.52. The molecule has 2 aromatic rings. The van der Waals surface area contributed by atoms with Gasteiger partial charge in [-0.1, -0.05) is 38.1 Å². The Morgan fingerprint density at radius 1 is 1.31 bits per heavy atom. The predicted molar refractivity (Wildman–Crippen MR) is 65.3 cm³/mol. The maximum Gasteiger partial charge on any atom is 0.156 e. The molecule has 0 spiro atoms. The monoisotopic (exact) mass is 213 g/mol. The van der Waals surface area contributed by atoms with Crippen molar-refractivity contribution < 1.29 is 0 Å². The van der Waals surface area contributed by atoms with Crippen LogP contribution in [0.25, 0.3) is 10.8 Å². The first kappa shape index (κ1) is 9.58. The highest BCUT2D eigenvalue weighted by atomic mass is 15.2. The van der Waals surface area contributed by atoms with E-state index in [-0.39, 0.29) is 0 Å². The molecule has 1 atom stereocenters. The summed E-state index contributed by atoms with van der Waals surface area (Å²) in [7, 11) is 0. The summed E-state index contributed by atoms with van der Waals surface area (Å²) in [4.78, 5) is 0. The van der Waals surface area contributed by atoms with Gasteiger partial charge in [-0.2, -0.15) is 5.10 Å². The summed E-state index contributed by atoms with van der Waals surface area (Å²) in [5, 5.41) is 14.0. The average molecular weight is 213 g/mol. The van der Waals surface area contributed by atoms with E-state index >= 15 is 0 Å². The van der Waals surface area contributed by atoms with Gasteiger partial charge in [-0.15, -0.1) is 5.10 Å². The number of fused-ring (bicyclic) bond motifs is 1. The number of benzene rings is 1. The lowest BCUT2D eigenvalue weighted by atomic mass is 10.1. The molecule has 82 valence electrons. The van der Waals surface area contributed by atoms with Crippen molar-refractivity contribution in [2.24, 2.45) is 5.41 Å².